The Bertz CT molecular complexity index is 216. The van der Waals surface area contributed by atoms with Crippen molar-refractivity contribution in [3.8, 4) is 0 Å². The van der Waals surface area contributed by atoms with E-state index in [4.69, 9.17) is 0 Å². The Labute approximate surface area is 142 Å². The summed E-state index contributed by atoms with van der Waals surface area (Å²) < 4.78 is 0. The van der Waals surface area contributed by atoms with Gasteiger partial charge in [0.05, 0.1) is 0 Å². The van der Waals surface area contributed by atoms with E-state index < -0.39 is 0 Å². The third kappa shape index (κ3) is 11.3. The highest BCUT2D eigenvalue weighted by Gasteiger charge is 2.28. The van der Waals surface area contributed by atoms with Crippen LogP contribution in [0.25, 0.3) is 0 Å². The van der Waals surface area contributed by atoms with Gasteiger partial charge in [-0.2, -0.15) is 0 Å². The van der Waals surface area contributed by atoms with E-state index in [2.05, 4.69) is 33.4 Å². The van der Waals surface area contributed by atoms with E-state index >= 15 is 0 Å². The zero-order valence-corrected chi connectivity index (χ0v) is 16.1. The maximum Gasteiger partial charge on any atom is -0.0300 e. The molecule has 132 valence electrons. The van der Waals surface area contributed by atoms with E-state index in [-0.39, 0.29) is 0 Å². The standard InChI is InChI=1S/C13H24.C9H20/c1-3-5-7-10-13(4-2)11-8-6-9-12-13;1-3-5-7-9-8-6-4-2/h3H,1,4-12H2,2H3;3-9H2,1-2H3. The minimum Gasteiger partial charge on any atom is -0.103 e. The zero-order chi connectivity index (χ0) is 16.5. The predicted molar refractivity (Wildman–Crippen MR) is 104 cm³/mol. The number of unbranched alkanes of at least 4 members (excludes halogenated alkanes) is 7. The predicted octanol–water partition coefficient (Wildman–Crippen LogP) is 8.46. The fourth-order valence-corrected chi connectivity index (χ4v) is 3.73. The molecule has 1 aliphatic rings. The molecule has 0 nitrogen and oxygen atoms in total. The van der Waals surface area contributed by atoms with Crippen molar-refractivity contribution < 1.29 is 0 Å². The largest absolute Gasteiger partial charge is 0.103 e. The molecular formula is C22H44. The Hall–Kier alpha value is -0.260. The summed E-state index contributed by atoms with van der Waals surface area (Å²) in [6.45, 7) is 10.7. The summed E-state index contributed by atoms with van der Waals surface area (Å²) in [5, 5.41) is 0. The number of hydrogen-bond acceptors (Lipinski definition) is 0. The first-order chi connectivity index (χ1) is 10.7. The van der Waals surface area contributed by atoms with E-state index in [1.54, 1.807) is 0 Å². The van der Waals surface area contributed by atoms with E-state index in [0.717, 1.165) is 5.41 Å². The van der Waals surface area contributed by atoms with Crippen LogP contribution in [0.3, 0.4) is 0 Å². The molecule has 0 N–H and O–H groups in total. The Morgan fingerprint density at radius 3 is 1.77 bits per heavy atom. The summed E-state index contributed by atoms with van der Waals surface area (Å²) in [4.78, 5) is 0. The van der Waals surface area contributed by atoms with Gasteiger partial charge in [0, 0.05) is 0 Å². The molecule has 0 heteroatoms. The van der Waals surface area contributed by atoms with Gasteiger partial charge < -0.3 is 0 Å². The second-order valence-electron chi connectivity index (χ2n) is 7.36. The molecule has 0 radical (unpaired) electrons. The molecule has 0 saturated heterocycles. The van der Waals surface area contributed by atoms with Crippen LogP contribution in [0.15, 0.2) is 12.7 Å². The molecule has 0 bridgehead atoms. The van der Waals surface area contributed by atoms with Gasteiger partial charge in [-0.3, -0.25) is 0 Å². The maximum absolute atomic E-state index is 3.79. The average molecular weight is 309 g/mol. The molecule has 1 fully saturated rings. The molecule has 0 aromatic rings. The lowest BCUT2D eigenvalue weighted by atomic mass is 9.69. The van der Waals surface area contributed by atoms with Crippen molar-refractivity contribution in [2.24, 2.45) is 5.41 Å². The van der Waals surface area contributed by atoms with Crippen molar-refractivity contribution in [2.45, 2.75) is 124 Å². The van der Waals surface area contributed by atoms with Gasteiger partial charge in [0.2, 0.25) is 0 Å². The minimum absolute atomic E-state index is 0.723. The Morgan fingerprint density at radius 2 is 1.32 bits per heavy atom. The van der Waals surface area contributed by atoms with Gasteiger partial charge in [0.25, 0.3) is 0 Å². The smallest absolute Gasteiger partial charge is 0.0300 e. The molecule has 0 aliphatic heterocycles. The van der Waals surface area contributed by atoms with Crippen molar-refractivity contribution in [2.75, 3.05) is 0 Å². The van der Waals surface area contributed by atoms with Crippen LogP contribution in [0.2, 0.25) is 0 Å². The third-order valence-corrected chi connectivity index (χ3v) is 5.49. The normalized spacial score (nSPS) is 16.7. The lowest BCUT2D eigenvalue weighted by molar-refractivity contribution is 0.161. The van der Waals surface area contributed by atoms with E-state index in [9.17, 15) is 0 Å². The monoisotopic (exact) mass is 308 g/mol. The van der Waals surface area contributed by atoms with Crippen molar-refractivity contribution in [3.63, 3.8) is 0 Å². The second kappa shape index (κ2) is 15.6. The van der Waals surface area contributed by atoms with Crippen LogP contribution in [0.5, 0.6) is 0 Å². The van der Waals surface area contributed by atoms with E-state index in [1.165, 1.54) is 103 Å². The topological polar surface area (TPSA) is 0 Å². The van der Waals surface area contributed by atoms with Gasteiger partial charge in [-0.15, -0.1) is 6.58 Å². The summed E-state index contributed by atoms with van der Waals surface area (Å²) in [6, 6.07) is 0. The lowest BCUT2D eigenvalue weighted by Gasteiger charge is -2.36. The molecule has 0 unspecified atom stereocenters. The van der Waals surface area contributed by atoms with Crippen LogP contribution in [0.4, 0.5) is 0 Å². The summed E-state index contributed by atoms with van der Waals surface area (Å²) in [5.74, 6) is 0. The number of rotatable bonds is 11. The highest BCUT2D eigenvalue weighted by atomic mass is 14.3. The van der Waals surface area contributed by atoms with Crippen molar-refractivity contribution >= 4 is 0 Å². The maximum atomic E-state index is 3.79. The molecule has 1 rings (SSSR count). The molecule has 1 aliphatic carbocycles. The number of allylic oxidation sites excluding steroid dienone is 1. The molecular weight excluding hydrogens is 264 g/mol. The highest BCUT2D eigenvalue weighted by molar-refractivity contribution is 4.82. The second-order valence-corrected chi connectivity index (χ2v) is 7.36. The summed E-state index contributed by atoms with van der Waals surface area (Å²) in [5.41, 5.74) is 0.723. The van der Waals surface area contributed by atoms with Crippen LogP contribution in [0, 0.1) is 5.41 Å². The Kier molecular flexibility index (Phi) is 15.4. The first kappa shape index (κ1) is 21.7. The lowest BCUT2D eigenvalue weighted by Crippen LogP contribution is -2.22. The van der Waals surface area contributed by atoms with E-state index in [1.807, 2.05) is 0 Å². The molecule has 0 amide bonds. The molecule has 1 saturated carbocycles. The fourth-order valence-electron chi connectivity index (χ4n) is 3.73. The highest BCUT2D eigenvalue weighted by Crippen LogP contribution is 2.43. The van der Waals surface area contributed by atoms with Crippen LogP contribution < -0.4 is 0 Å². The Morgan fingerprint density at radius 1 is 0.773 bits per heavy atom. The first-order valence-electron chi connectivity index (χ1n) is 10.4. The third-order valence-electron chi connectivity index (χ3n) is 5.49. The van der Waals surface area contributed by atoms with Crippen LogP contribution in [0.1, 0.15) is 124 Å². The molecule has 0 aromatic heterocycles. The Balaban J connectivity index is 0.000000433. The average Bonchev–Trinajstić information content (AvgIpc) is 2.56. The van der Waals surface area contributed by atoms with Crippen LogP contribution >= 0.6 is 0 Å². The number of hydrogen-bond donors (Lipinski definition) is 0. The quantitative estimate of drug-likeness (QED) is 0.265. The molecule has 0 heterocycles. The van der Waals surface area contributed by atoms with Crippen LogP contribution in [-0.4, -0.2) is 0 Å². The van der Waals surface area contributed by atoms with Gasteiger partial charge in [0.1, 0.15) is 0 Å². The molecule has 0 aromatic carbocycles. The zero-order valence-electron chi connectivity index (χ0n) is 16.1. The van der Waals surface area contributed by atoms with E-state index in [0.29, 0.717) is 0 Å². The summed E-state index contributed by atoms with van der Waals surface area (Å²) in [6.07, 6.45) is 24.8. The van der Waals surface area contributed by atoms with Crippen LogP contribution in [-0.2, 0) is 0 Å². The first-order valence-corrected chi connectivity index (χ1v) is 10.4. The van der Waals surface area contributed by atoms with Gasteiger partial charge in [-0.05, 0) is 37.5 Å². The van der Waals surface area contributed by atoms with Crippen molar-refractivity contribution in [1.82, 2.24) is 0 Å². The molecule has 0 spiro atoms. The fraction of sp³-hybridized carbons (Fsp3) is 0.909. The molecule has 0 atom stereocenters. The van der Waals surface area contributed by atoms with Gasteiger partial charge in [-0.1, -0.05) is 97.5 Å². The van der Waals surface area contributed by atoms with Crippen molar-refractivity contribution in [1.29, 1.82) is 0 Å². The summed E-state index contributed by atoms with van der Waals surface area (Å²) >= 11 is 0. The molecule has 22 heavy (non-hydrogen) atoms. The van der Waals surface area contributed by atoms with Crippen molar-refractivity contribution in [3.05, 3.63) is 12.7 Å². The van der Waals surface area contributed by atoms with Gasteiger partial charge in [0.15, 0.2) is 0 Å². The van der Waals surface area contributed by atoms with Gasteiger partial charge in [-0.25, -0.2) is 0 Å². The summed E-state index contributed by atoms with van der Waals surface area (Å²) in [7, 11) is 0. The SMILES string of the molecule is C=CCCCC1(CC)CCCCC1.CCCCCCCCC. The minimum atomic E-state index is 0.723. The van der Waals surface area contributed by atoms with Gasteiger partial charge >= 0.3 is 0 Å².